The first-order valence-electron chi connectivity index (χ1n) is 13.4. The molecule has 0 aliphatic heterocycles. The van der Waals surface area contributed by atoms with Gasteiger partial charge in [0.15, 0.2) is 0 Å². The van der Waals surface area contributed by atoms with Gasteiger partial charge in [-0.3, -0.25) is 9.78 Å². The number of hydrogen-bond donors (Lipinski definition) is 3. The number of hydrogen-bond acceptors (Lipinski definition) is 8. The summed E-state index contributed by atoms with van der Waals surface area (Å²) in [5, 5.41) is 7.85. The van der Waals surface area contributed by atoms with Crippen molar-refractivity contribution in [2.24, 2.45) is 5.73 Å². The minimum Gasteiger partial charge on any atom is -0.484 e. The largest absolute Gasteiger partial charge is 0.484 e. The number of nitrogen functional groups attached to an aromatic ring is 1. The van der Waals surface area contributed by atoms with Crippen LogP contribution in [0.25, 0.3) is 11.3 Å². The number of amides is 1. The van der Waals surface area contributed by atoms with Crippen LogP contribution in [-0.4, -0.2) is 40.3 Å². The first-order chi connectivity index (χ1) is 19.6. The van der Waals surface area contributed by atoms with E-state index in [1.54, 1.807) is 41.2 Å². The number of benzene rings is 2. The molecule has 1 atom stereocenters. The van der Waals surface area contributed by atoms with E-state index in [9.17, 15) is 9.18 Å². The summed E-state index contributed by atoms with van der Waals surface area (Å²) in [6.45, 7) is 9.43. The van der Waals surface area contributed by atoms with E-state index in [2.05, 4.69) is 34.9 Å². The van der Waals surface area contributed by atoms with Crippen LogP contribution in [0.4, 0.5) is 21.7 Å². The maximum Gasteiger partial charge on any atom is 0.254 e. The number of nitrogens with one attached hydrogen (secondary N) is 1. The number of rotatable bonds is 13. The minimum absolute atomic E-state index is 0.0914. The highest BCUT2D eigenvalue weighted by atomic mass is 28.3. The summed E-state index contributed by atoms with van der Waals surface area (Å²) in [5.74, 6) is 0.138. The van der Waals surface area contributed by atoms with Gasteiger partial charge < -0.3 is 26.3 Å². The van der Waals surface area contributed by atoms with Crippen LogP contribution in [0.1, 0.15) is 35.4 Å². The fourth-order valence-electron chi connectivity index (χ4n) is 4.13. The Morgan fingerprint density at radius 2 is 1.90 bits per heavy atom. The zero-order valence-corrected chi connectivity index (χ0v) is 24.7. The molecule has 5 N–H and O–H groups in total. The molecular formula is C29H36FN7O3Si. The number of halogens is 1. The first kappa shape index (κ1) is 29.7. The minimum atomic E-state index is -1.31. The zero-order chi connectivity index (χ0) is 29.6. The third-order valence-corrected chi connectivity index (χ3v) is 8.09. The van der Waals surface area contributed by atoms with Crippen molar-refractivity contribution in [2.45, 2.75) is 51.9 Å². The number of ether oxygens (including phenoxy) is 2. The van der Waals surface area contributed by atoms with Crippen LogP contribution >= 0.6 is 0 Å². The Morgan fingerprint density at radius 3 is 2.54 bits per heavy atom. The summed E-state index contributed by atoms with van der Waals surface area (Å²) in [5.41, 5.74) is 14.5. The van der Waals surface area contributed by atoms with Gasteiger partial charge in [0.25, 0.3) is 5.91 Å². The van der Waals surface area contributed by atoms with Crippen molar-refractivity contribution in [3.8, 4) is 17.0 Å². The molecule has 1 amide bonds. The number of aromatic nitrogens is 4. The lowest BCUT2D eigenvalue weighted by Gasteiger charge is -2.20. The number of primary amides is 1. The van der Waals surface area contributed by atoms with Crippen LogP contribution < -0.4 is 21.5 Å². The average molecular weight is 578 g/mol. The van der Waals surface area contributed by atoms with Gasteiger partial charge in [0.1, 0.15) is 47.3 Å². The molecule has 1 unspecified atom stereocenters. The predicted molar refractivity (Wildman–Crippen MR) is 160 cm³/mol. The standard InChI is InChI=1S/C29H36FN7O3Si/c1-5-23(19-6-9-21(30)10-7-19)40-24-16-20(8-11-22(24)31)27-26(28(32)38)29(35-25-17-33-12-13-34-25)37(36-27)18-39-14-15-41(2,3)4/h6-13,16-17,23H,5,14-15,18,31H2,1-4H3,(H2,32,38)(H,34,35). The van der Waals surface area contributed by atoms with E-state index in [0.29, 0.717) is 47.4 Å². The van der Waals surface area contributed by atoms with Gasteiger partial charge in [-0.1, -0.05) is 44.8 Å². The predicted octanol–water partition coefficient (Wildman–Crippen LogP) is 5.75. The average Bonchev–Trinajstić information content (AvgIpc) is 3.29. The third-order valence-electron chi connectivity index (χ3n) is 6.39. The van der Waals surface area contributed by atoms with Crippen molar-refractivity contribution >= 4 is 31.3 Å². The Kier molecular flexibility index (Phi) is 9.35. The highest BCUT2D eigenvalue weighted by Gasteiger charge is 2.25. The van der Waals surface area contributed by atoms with Gasteiger partial charge >= 0.3 is 0 Å². The molecule has 41 heavy (non-hydrogen) atoms. The van der Waals surface area contributed by atoms with Crippen LogP contribution in [0.3, 0.4) is 0 Å². The van der Waals surface area contributed by atoms with Crippen LogP contribution in [0, 0.1) is 5.82 Å². The van der Waals surface area contributed by atoms with Crippen LogP contribution in [0.15, 0.2) is 61.1 Å². The van der Waals surface area contributed by atoms with E-state index in [1.165, 1.54) is 24.5 Å². The van der Waals surface area contributed by atoms with Gasteiger partial charge in [-0.15, -0.1) is 0 Å². The molecule has 0 aliphatic rings. The number of nitrogens with zero attached hydrogens (tertiary/aromatic N) is 4. The molecular weight excluding hydrogens is 541 g/mol. The summed E-state index contributed by atoms with van der Waals surface area (Å²) >= 11 is 0. The Bertz CT molecular complexity index is 1470. The van der Waals surface area contributed by atoms with E-state index in [0.717, 1.165) is 11.6 Å². The van der Waals surface area contributed by atoms with E-state index in [1.807, 2.05) is 6.92 Å². The van der Waals surface area contributed by atoms with Crippen molar-refractivity contribution in [1.82, 2.24) is 19.7 Å². The van der Waals surface area contributed by atoms with Crippen molar-refractivity contribution in [3.05, 3.63) is 78.0 Å². The quantitative estimate of drug-likeness (QED) is 0.104. The number of carbonyl (C=O) groups is 1. The summed E-state index contributed by atoms with van der Waals surface area (Å²) in [6, 6.07) is 12.3. The molecule has 12 heteroatoms. The monoisotopic (exact) mass is 577 g/mol. The lowest BCUT2D eigenvalue weighted by atomic mass is 10.0. The summed E-state index contributed by atoms with van der Waals surface area (Å²) in [7, 11) is -1.31. The fourth-order valence-corrected chi connectivity index (χ4v) is 4.89. The molecule has 2 aromatic carbocycles. The zero-order valence-electron chi connectivity index (χ0n) is 23.7. The van der Waals surface area contributed by atoms with Gasteiger partial charge in [0, 0.05) is 32.6 Å². The molecule has 0 aliphatic carbocycles. The maximum atomic E-state index is 13.5. The highest BCUT2D eigenvalue weighted by Crippen LogP contribution is 2.36. The molecule has 0 fully saturated rings. The molecule has 10 nitrogen and oxygen atoms in total. The second kappa shape index (κ2) is 12.9. The van der Waals surface area contributed by atoms with Crippen molar-refractivity contribution in [1.29, 1.82) is 0 Å². The summed E-state index contributed by atoms with van der Waals surface area (Å²) < 4.78 is 27.3. The molecule has 0 radical (unpaired) electrons. The molecule has 0 saturated heterocycles. The fraction of sp³-hybridized carbons (Fsp3) is 0.310. The van der Waals surface area contributed by atoms with E-state index < -0.39 is 14.0 Å². The molecule has 2 aromatic heterocycles. The Hall–Kier alpha value is -4.29. The summed E-state index contributed by atoms with van der Waals surface area (Å²) in [4.78, 5) is 21.2. The van der Waals surface area contributed by atoms with Gasteiger partial charge in [0.2, 0.25) is 0 Å². The highest BCUT2D eigenvalue weighted by molar-refractivity contribution is 6.76. The molecule has 0 spiro atoms. The van der Waals surface area contributed by atoms with Crippen LogP contribution in [0.5, 0.6) is 5.75 Å². The normalized spacial score (nSPS) is 12.2. The smallest absolute Gasteiger partial charge is 0.254 e. The molecule has 4 rings (SSSR count). The van der Waals surface area contributed by atoms with Crippen molar-refractivity contribution < 1.29 is 18.7 Å². The molecule has 0 bridgehead atoms. The number of carbonyl (C=O) groups excluding carboxylic acids is 1. The van der Waals surface area contributed by atoms with Crippen LogP contribution in [0.2, 0.25) is 25.7 Å². The lowest BCUT2D eigenvalue weighted by molar-refractivity contribution is 0.0802. The molecule has 0 saturated carbocycles. The maximum absolute atomic E-state index is 13.5. The summed E-state index contributed by atoms with van der Waals surface area (Å²) in [6.07, 6.45) is 4.87. The van der Waals surface area contributed by atoms with Gasteiger partial charge in [0.05, 0.1) is 11.9 Å². The third kappa shape index (κ3) is 7.67. The lowest BCUT2D eigenvalue weighted by Crippen LogP contribution is -2.22. The van der Waals surface area contributed by atoms with Crippen molar-refractivity contribution in [3.63, 3.8) is 0 Å². The van der Waals surface area contributed by atoms with Gasteiger partial charge in [-0.25, -0.2) is 14.1 Å². The van der Waals surface area contributed by atoms with Crippen LogP contribution in [-0.2, 0) is 11.5 Å². The molecule has 4 aromatic rings. The number of anilines is 3. The van der Waals surface area contributed by atoms with E-state index in [4.69, 9.17) is 26.0 Å². The Balaban J connectivity index is 1.72. The molecule has 2 heterocycles. The number of nitrogens with two attached hydrogens (primary N) is 2. The van der Waals surface area contributed by atoms with Gasteiger partial charge in [-0.05, 0) is 42.3 Å². The van der Waals surface area contributed by atoms with Crippen molar-refractivity contribution in [2.75, 3.05) is 17.7 Å². The van der Waals surface area contributed by atoms with E-state index >= 15 is 0 Å². The van der Waals surface area contributed by atoms with E-state index in [-0.39, 0.29) is 24.2 Å². The first-order valence-corrected chi connectivity index (χ1v) is 17.1. The Labute approximate surface area is 239 Å². The SMILES string of the molecule is CCC(Oc1cc(-c2nn(COCC[Si](C)(C)C)c(Nc3cnccn3)c2C(N)=O)ccc1N)c1ccc(F)cc1. The Morgan fingerprint density at radius 1 is 1.15 bits per heavy atom. The topological polar surface area (TPSA) is 143 Å². The second-order valence-corrected chi connectivity index (χ2v) is 16.4. The molecule has 216 valence electrons. The van der Waals surface area contributed by atoms with Gasteiger partial charge in [-0.2, -0.15) is 5.10 Å². The second-order valence-electron chi connectivity index (χ2n) is 10.8.